The molecule has 0 aliphatic carbocycles. The molecule has 0 spiro atoms. The number of thioether (sulfide) groups is 1. The van der Waals surface area contributed by atoms with Crippen molar-refractivity contribution in [2.75, 3.05) is 36.9 Å². The van der Waals surface area contributed by atoms with Gasteiger partial charge in [-0.15, -0.1) is 0 Å². The van der Waals surface area contributed by atoms with Crippen molar-refractivity contribution >= 4 is 27.5 Å². The third-order valence-electron chi connectivity index (χ3n) is 3.32. The largest absolute Gasteiger partial charge is 0.324 e. The molecule has 5 nitrogen and oxygen atoms in total. The number of hydrogen-bond donors (Lipinski definition) is 1. The van der Waals surface area contributed by atoms with E-state index in [1.165, 1.54) is 0 Å². The third-order valence-corrected chi connectivity index (χ3v) is 6.60. The molecule has 0 aromatic carbocycles. The lowest BCUT2D eigenvalue weighted by atomic mass is 10.0. The van der Waals surface area contributed by atoms with Crippen LogP contribution in [0.15, 0.2) is 0 Å². The van der Waals surface area contributed by atoms with Gasteiger partial charge >= 0.3 is 0 Å². The van der Waals surface area contributed by atoms with E-state index in [9.17, 15) is 13.2 Å². The van der Waals surface area contributed by atoms with E-state index in [2.05, 4.69) is 5.32 Å². The van der Waals surface area contributed by atoms with Crippen molar-refractivity contribution in [2.24, 2.45) is 5.92 Å². The predicted molar refractivity (Wildman–Crippen MR) is 68.6 cm³/mol. The summed E-state index contributed by atoms with van der Waals surface area (Å²) in [5, 5.41) is 2.43. The van der Waals surface area contributed by atoms with E-state index in [4.69, 9.17) is 0 Å². The Bertz CT molecular complexity index is 392. The van der Waals surface area contributed by atoms with Gasteiger partial charge in [0, 0.05) is 36.9 Å². The van der Waals surface area contributed by atoms with Crippen LogP contribution in [-0.4, -0.2) is 61.5 Å². The number of rotatable bonds is 3. The van der Waals surface area contributed by atoms with Gasteiger partial charge < -0.3 is 10.2 Å². The highest BCUT2D eigenvalue weighted by Gasteiger charge is 2.39. The van der Waals surface area contributed by atoms with Gasteiger partial charge in [0.25, 0.3) is 0 Å². The van der Waals surface area contributed by atoms with Gasteiger partial charge in [-0.1, -0.05) is 6.92 Å². The second-order valence-corrected chi connectivity index (χ2v) is 7.96. The Morgan fingerprint density at radius 1 is 1.47 bits per heavy atom. The number of hydrogen-bond acceptors (Lipinski definition) is 5. The normalized spacial score (nSPS) is 26.6. The second-order valence-electron chi connectivity index (χ2n) is 4.37. The third kappa shape index (κ3) is 2.61. The molecule has 7 heteroatoms. The van der Waals surface area contributed by atoms with Crippen molar-refractivity contribution in [1.82, 2.24) is 10.2 Å². The van der Waals surface area contributed by atoms with Crippen LogP contribution in [0.1, 0.15) is 6.92 Å². The zero-order valence-corrected chi connectivity index (χ0v) is 11.5. The maximum Gasteiger partial charge on any atom is 0.229 e. The lowest BCUT2D eigenvalue weighted by Crippen LogP contribution is -2.58. The monoisotopic (exact) mass is 278 g/mol. The summed E-state index contributed by atoms with van der Waals surface area (Å²) in [7, 11) is -3.17. The minimum atomic E-state index is -3.17. The first kappa shape index (κ1) is 13.2. The van der Waals surface area contributed by atoms with E-state index in [1.54, 1.807) is 23.6 Å². The summed E-state index contributed by atoms with van der Waals surface area (Å²) < 4.78 is 24.0. The van der Waals surface area contributed by atoms with Gasteiger partial charge in [-0.05, 0) is 0 Å². The average Bonchev–Trinajstić information content (AvgIpc) is 2.27. The Morgan fingerprint density at radius 3 is 2.71 bits per heavy atom. The Kier molecular flexibility index (Phi) is 3.99. The molecule has 1 N–H and O–H groups in total. The summed E-state index contributed by atoms with van der Waals surface area (Å²) in [5.74, 6) is 1.44. The fourth-order valence-corrected chi connectivity index (χ4v) is 4.99. The number of carbonyl (C=O) groups excluding carboxylic acids is 1. The van der Waals surface area contributed by atoms with E-state index in [0.29, 0.717) is 25.4 Å². The molecule has 2 aliphatic heterocycles. The molecule has 2 aliphatic rings. The summed E-state index contributed by atoms with van der Waals surface area (Å²) in [6.07, 6.45) is 0. The molecule has 0 saturated carbocycles. The Labute approximate surface area is 106 Å². The molecular formula is C10H18N2O3S2. The number of amides is 1. The zero-order chi connectivity index (χ0) is 12.5. The first-order chi connectivity index (χ1) is 8.06. The van der Waals surface area contributed by atoms with Gasteiger partial charge in [-0.3, -0.25) is 4.79 Å². The minimum Gasteiger partial charge on any atom is -0.324 e. The molecule has 0 aromatic heterocycles. The first-order valence-electron chi connectivity index (χ1n) is 5.86. The summed E-state index contributed by atoms with van der Waals surface area (Å²) in [4.78, 5) is 13.7. The van der Waals surface area contributed by atoms with Crippen LogP contribution in [0, 0.1) is 5.92 Å². The Balaban J connectivity index is 2.14. The molecule has 1 atom stereocenters. The maximum absolute atomic E-state index is 12.2. The summed E-state index contributed by atoms with van der Waals surface area (Å²) in [6.45, 7) is 3.56. The molecule has 1 amide bonds. The standard InChI is InChI=1S/C10H18N2O3S2/c1-2-17(14,15)9-7-16-4-3-12(9)10(13)8-5-11-6-8/h8-9,11H,2-7H2,1H3. The molecule has 2 rings (SSSR count). The summed E-state index contributed by atoms with van der Waals surface area (Å²) in [6, 6.07) is 0. The highest BCUT2D eigenvalue weighted by atomic mass is 32.2. The summed E-state index contributed by atoms with van der Waals surface area (Å²) >= 11 is 1.62. The average molecular weight is 278 g/mol. The molecule has 2 heterocycles. The Morgan fingerprint density at radius 2 is 2.18 bits per heavy atom. The molecule has 0 bridgehead atoms. The van der Waals surface area contributed by atoms with E-state index in [0.717, 1.165) is 5.75 Å². The molecule has 0 radical (unpaired) electrons. The highest BCUT2D eigenvalue weighted by molar-refractivity contribution is 8.01. The van der Waals surface area contributed by atoms with Gasteiger partial charge in [-0.25, -0.2) is 8.42 Å². The van der Waals surface area contributed by atoms with E-state index < -0.39 is 15.2 Å². The second kappa shape index (κ2) is 5.16. The Hall–Kier alpha value is -0.270. The van der Waals surface area contributed by atoms with Crippen LogP contribution in [0.2, 0.25) is 0 Å². The van der Waals surface area contributed by atoms with E-state index in [1.807, 2.05) is 0 Å². The van der Waals surface area contributed by atoms with Crippen LogP contribution in [0.5, 0.6) is 0 Å². The quantitative estimate of drug-likeness (QED) is 0.757. The van der Waals surface area contributed by atoms with Gasteiger partial charge in [0.1, 0.15) is 5.37 Å². The van der Waals surface area contributed by atoms with Gasteiger partial charge in [0.2, 0.25) is 5.91 Å². The van der Waals surface area contributed by atoms with Crippen LogP contribution in [0.25, 0.3) is 0 Å². The lowest BCUT2D eigenvalue weighted by molar-refractivity contribution is -0.137. The van der Waals surface area contributed by atoms with Crippen LogP contribution < -0.4 is 5.32 Å². The number of nitrogens with zero attached hydrogens (tertiary/aromatic N) is 1. The van der Waals surface area contributed by atoms with Crippen LogP contribution in [-0.2, 0) is 14.6 Å². The van der Waals surface area contributed by atoms with Crippen molar-refractivity contribution < 1.29 is 13.2 Å². The molecule has 98 valence electrons. The molecule has 1 unspecified atom stereocenters. The first-order valence-corrected chi connectivity index (χ1v) is 8.73. The minimum absolute atomic E-state index is 0.00563. The number of sulfone groups is 1. The highest BCUT2D eigenvalue weighted by Crippen LogP contribution is 2.24. The molecule has 2 saturated heterocycles. The van der Waals surface area contributed by atoms with Crippen LogP contribution in [0.3, 0.4) is 0 Å². The lowest BCUT2D eigenvalue weighted by Gasteiger charge is -2.39. The molecule has 2 fully saturated rings. The predicted octanol–water partition coefficient (Wildman–Crippen LogP) is -0.458. The van der Waals surface area contributed by atoms with Gasteiger partial charge in [-0.2, -0.15) is 11.8 Å². The number of nitrogens with one attached hydrogen (secondary N) is 1. The van der Waals surface area contributed by atoms with Crippen LogP contribution >= 0.6 is 11.8 Å². The number of carbonyl (C=O) groups is 1. The molecule has 17 heavy (non-hydrogen) atoms. The maximum atomic E-state index is 12.2. The van der Waals surface area contributed by atoms with E-state index in [-0.39, 0.29) is 17.6 Å². The topological polar surface area (TPSA) is 66.5 Å². The van der Waals surface area contributed by atoms with Gasteiger partial charge in [0.15, 0.2) is 9.84 Å². The fraction of sp³-hybridized carbons (Fsp3) is 0.900. The SMILES string of the molecule is CCS(=O)(=O)C1CSCCN1C(=O)C1CNC1. The van der Waals surface area contributed by atoms with Crippen molar-refractivity contribution in [3.8, 4) is 0 Å². The van der Waals surface area contributed by atoms with Crippen molar-refractivity contribution in [2.45, 2.75) is 12.3 Å². The van der Waals surface area contributed by atoms with E-state index >= 15 is 0 Å². The van der Waals surface area contributed by atoms with Crippen molar-refractivity contribution in [1.29, 1.82) is 0 Å². The van der Waals surface area contributed by atoms with Crippen molar-refractivity contribution in [3.63, 3.8) is 0 Å². The molecule has 0 aromatic rings. The fourth-order valence-electron chi connectivity index (χ4n) is 2.02. The summed E-state index contributed by atoms with van der Waals surface area (Å²) in [5.41, 5.74) is 0. The zero-order valence-electron chi connectivity index (χ0n) is 9.89. The van der Waals surface area contributed by atoms with Gasteiger partial charge in [0.05, 0.1) is 5.92 Å². The molecular weight excluding hydrogens is 260 g/mol. The van der Waals surface area contributed by atoms with Crippen molar-refractivity contribution in [3.05, 3.63) is 0 Å². The smallest absolute Gasteiger partial charge is 0.229 e. The van der Waals surface area contributed by atoms with Crippen LogP contribution in [0.4, 0.5) is 0 Å².